The number of rotatable bonds is 3. The number of hydrogen-bond acceptors (Lipinski definition) is 3. The summed E-state index contributed by atoms with van der Waals surface area (Å²) in [6, 6.07) is 1.93. The van der Waals surface area contributed by atoms with E-state index in [1.165, 1.54) is 12.8 Å². The van der Waals surface area contributed by atoms with Crippen molar-refractivity contribution in [3.05, 3.63) is 18.1 Å². The molecule has 2 aliphatic rings. The molecule has 1 aromatic rings. The summed E-state index contributed by atoms with van der Waals surface area (Å²) in [7, 11) is 0. The average Bonchev–Trinajstić information content (AvgIpc) is 3.07. The van der Waals surface area contributed by atoms with Crippen molar-refractivity contribution < 1.29 is 4.39 Å². The van der Waals surface area contributed by atoms with Crippen molar-refractivity contribution in [2.45, 2.75) is 37.6 Å². The Labute approximate surface area is 94.7 Å². The van der Waals surface area contributed by atoms with Gasteiger partial charge in [-0.15, -0.1) is 0 Å². The lowest BCUT2D eigenvalue weighted by Crippen LogP contribution is -2.31. The highest BCUT2D eigenvalue weighted by molar-refractivity contribution is 5.40. The minimum absolute atomic E-state index is 0.0296. The highest BCUT2D eigenvalue weighted by Crippen LogP contribution is 2.38. The van der Waals surface area contributed by atoms with Crippen molar-refractivity contribution in [1.82, 2.24) is 9.97 Å². The van der Waals surface area contributed by atoms with Crippen molar-refractivity contribution in [1.29, 1.82) is 0 Å². The van der Waals surface area contributed by atoms with E-state index in [-0.39, 0.29) is 12.7 Å². The van der Waals surface area contributed by atoms with E-state index in [0.717, 1.165) is 31.0 Å². The number of anilines is 1. The SMILES string of the molecule is FC[C@H]1CCCN1c1ccnc(C2CC2)n1. The van der Waals surface area contributed by atoms with Crippen LogP contribution < -0.4 is 4.90 Å². The molecule has 0 radical (unpaired) electrons. The molecule has 1 atom stereocenters. The van der Waals surface area contributed by atoms with Crippen LogP contribution in [0.2, 0.25) is 0 Å². The molecule has 3 nitrogen and oxygen atoms in total. The van der Waals surface area contributed by atoms with Crippen molar-refractivity contribution >= 4 is 5.82 Å². The molecule has 1 aromatic heterocycles. The van der Waals surface area contributed by atoms with Crippen LogP contribution in [0.4, 0.5) is 10.2 Å². The first-order valence-corrected chi connectivity index (χ1v) is 6.04. The molecule has 1 saturated heterocycles. The van der Waals surface area contributed by atoms with Gasteiger partial charge in [-0.25, -0.2) is 14.4 Å². The Kier molecular flexibility index (Phi) is 2.50. The summed E-state index contributed by atoms with van der Waals surface area (Å²) >= 11 is 0. The number of aromatic nitrogens is 2. The van der Waals surface area contributed by atoms with Gasteiger partial charge >= 0.3 is 0 Å². The van der Waals surface area contributed by atoms with Crippen LogP contribution in [-0.4, -0.2) is 29.2 Å². The first-order valence-electron chi connectivity index (χ1n) is 6.04. The van der Waals surface area contributed by atoms with E-state index in [1.807, 2.05) is 12.3 Å². The normalized spacial score (nSPS) is 25.1. The van der Waals surface area contributed by atoms with Gasteiger partial charge in [0.05, 0.1) is 6.04 Å². The summed E-state index contributed by atoms with van der Waals surface area (Å²) in [4.78, 5) is 10.9. The van der Waals surface area contributed by atoms with Gasteiger partial charge in [-0.2, -0.15) is 0 Å². The van der Waals surface area contributed by atoms with Gasteiger partial charge < -0.3 is 4.90 Å². The Hall–Kier alpha value is -1.19. The van der Waals surface area contributed by atoms with E-state index < -0.39 is 0 Å². The zero-order chi connectivity index (χ0) is 11.0. The summed E-state index contributed by atoms with van der Waals surface area (Å²) in [5.41, 5.74) is 0. The molecule has 0 aromatic carbocycles. The van der Waals surface area contributed by atoms with Crippen molar-refractivity contribution in [3.8, 4) is 0 Å². The third-order valence-corrected chi connectivity index (χ3v) is 3.45. The predicted molar refractivity (Wildman–Crippen MR) is 60.4 cm³/mol. The molecule has 0 amide bonds. The zero-order valence-electron chi connectivity index (χ0n) is 9.27. The molecule has 2 heterocycles. The number of hydrogen-bond donors (Lipinski definition) is 0. The Bertz CT molecular complexity index is 378. The maximum absolute atomic E-state index is 12.8. The topological polar surface area (TPSA) is 29.0 Å². The lowest BCUT2D eigenvalue weighted by Gasteiger charge is -2.23. The lowest BCUT2D eigenvalue weighted by atomic mass is 10.2. The summed E-state index contributed by atoms with van der Waals surface area (Å²) in [5.74, 6) is 2.42. The van der Waals surface area contributed by atoms with Gasteiger partial charge in [-0.3, -0.25) is 0 Å². The molecule has 16 heavy (non-hydrogen) atoms. The standard InChI is InChI=1S/C12H16FN3/c13-8-10-2-1-7-16(10)11-5-6-14-12(15-11)9-3-4-9/h5-6,9-10H,1-4,7-8H2/t10-/m1/s1. The molecule has 2 fully saturated rings. The van der Waals surface area contributed by atoms with Gasteiger partial charge in [0.15, 0.2) is 0 Å². The molecule has 0 bridgehead atoms. The minimum Gasteiger partial charge on any atom is -0.351 e. The molecular weight excluding hydrogens is 205 g/mol. The maximum Gasteiger partial charge on any atom is 0.133 e. The van der Waals surface area contributed by atoms with E-state index in [9.17, 15) is 4.39 Å². The first-order chi connectivity index (χ1) is 7.88. The van der Waals surface area contributed by atoms with Crippen LogP contribution in [-0.2, 0) is 0 Å². The van der Waals surface area contributed by atoms with E-state index >= 15 is 0 Å². The van der Waals surface area contributed by atoms with E-state index in [0.29, 0.717) is 5.92 Å². The van der Waals surface area contributed by atoms with Crippen LogP contribution in [0.3, 0.4) is 0 Å². The van der Waals surface area contributed by atoms with E-state index in [2.05, 4.69) is 14.9 Å². The monoisotopic (exact) mass is 221 g/mol. The van der Waals surface area contributed by atoms with Gasteiger partial charge in [-0.05, 0) is 31.7 Å². The van der Waals surface area contributed by atoms with Crippen LogP contribution >= 0.6 is 0 Å². The summed E-state index contributed by atoms with van der Waals surface area (Å²) < 4.78 is 12.8. The van der Waals surface area contributed by atoms with Crippen molar-refractivity contribution in [2.24, 2.45) is 0 Å². The number of nitrogens with zero attached hydrogens (tertiary/aromatic N) is 3. The Balaban J connectivity index is 1.84. The molecule has 0 unspecified atom stereocenters. The third-order valence-electron chi connectivity index (χ3n) is 3.45. The van der Waals surface area contributed by atoms with Crippen LogP contribution in [0.25, 0.3) is 0 Å². The largest absolute Gasteiger partial charge is 0.351 e. The van der Waals surface area contributed by atoms with Crippen LogP contribution in [0.1, 0.15) is 37.4 Å². The number of halogens is 1. The summed E-state index contributed by atoms with van der Waals surface area (Å²) in [6.45, 7) is 0.651. The highest BCUT2D eigenvalue weighted by atomic mass is 19.1. The first kappa shape index (κ1) is 10.00. The maximum atomic E-state index is 12.8. The lowest BCUT2D eigenvalue weighted by molar-refractivity contribution is 0.427. The molecule has 0 spiro atoms. The predicted octanol–water partition coefficient (Wildman–Crippen LogP) is 2.29. The molecule has 86 valence electrons. The van der Waals surface area contributed by atoms with Crippen LogP contribution in [0.5, 0.6) is 0 Å². The molecule has 1 saturated carbocycles. The Morgan fingerprint density at radius 3 is 3.00 bits per heavy atom. The van der Waals surface area contributed by atoms with Gasteiger partial charge in [0.2, 0.25) is 0 Å². The number of alkyl halides is 1. The molecule has 3 rings (SSSR count). The quantitative estimate of drug-likeness (QED) is 0.784. The molecular formula is C12H16FN3. The smallest absolute Gasteiger partial charge is 0.133 e. The highest BCUT2D eigenvalue weighted by Gasteiger charge is 2.29. The van der Waals surface area contributed by atoms with Crippen LogP contribution in [0, 0.1) is 0 Å². The molecule has 0 N–H and O–H groups in total. The van der Waals surface area contributed by atoms with Gasteiger partial charge in [-0.1, -0.05) is 0 Å². The van der Waals surface area contributed by atoms with E-state index in [1.54, 1.807) is 0 Å². The van der Waals surface area contributed by atoms with Crippen LogP contribution in [0.15, 0.2) is 12.3 Å². The summed E-state index contributed by atoms with van der Waals surface area (Å²) in [5, 5.41) is 0. The van der Waals surface area contributed by atoms with E-state index in [4.69, 9.17) is 0 Å². The van der Waals surface area contributed by atoms with Gasteiger partial charge in [0.25, 0.3) is 0 Å². The Morgan fingerprint density at radius 1 is 1.38 bits per heavy atom. The molecule has 1 aliphatic heterocycles. The van der Waals surface area contributed by atoms with Gasteiger partial charge in [0.1, 0.15) is 18.3 Å². The van der Waals surface area contributed by atoms with Gasteiger partial charge in [0, 0.05) is 18.7 Å². The fraction of sp³-hybridized carbons (Fsp3) is 0.667. The average molecular weight is 221 g/mol. The third kappa shape index (κ3) is 1.77. The molecule has 4 heteroatoms. The second-order valence-corrected chi connectivity index (χ2v) is 4.69. The second-order valence-electron chi connectivity index (χ2n) is 4.69. The zero-order valence-corrected chi connectivity index (χ0v) is 9.27. The van der Waals surface area contributed by atoms with Crippen molar-refractivity contribution in [2.75, 3.05) is 18.1 Å². The fourth-order valence-corrected chi connectivity index (χ4v) is 2.36. The second kappa shape index (κ2) is 4.00. The Morgan fingerprint density at radius 2 is 2.25 bits per heavy atom. The summed E-state index contributed by atoms with van der Waals surface area (Å²) in [6.07, 6.45) is 6.23. The fourth-order valence-electron chi connectivity index (χ4n) is 2.36. The van der Waals surface area contributed by atoms with Crippen molar-refractivity contribution in [3.63, 3.8) is 0 Å². The minimum atomic E-state index is -0.275. The molecule has 1 aliphatic carbocycles.